The van der Waals surface area contributed by atoms with Crippen LogP contribution in [0.4, 0.5) is 4.79 Å². The van der Waals surface area contributed by atoms with Crippen molar-refractivity contribution < 1.29 is 28.8 Å². The molecule has 4 aromatic carbocycles. The monoisotopic (exact) mass is 518 g/mol. The Kier molecular flexibility index (Phi) is 6.13. The molecule has 8 nitrogen and oxygen atoms in total. The molecule has 4 aromatic rings. The average Bonchev–Trinajstić information content (AvgIpc) is 3.42. The van der Waals surface area contributed by atoms with Gasteiger partial charge in [0, 0.05) is 12.5 Å². The standard InChI is InChI=1S/C31H22N2O6/c34-28-25-11-5-6-12-26(25)29(35)33(28)39-30(36)20-15-13-19(14-16-20)17-32-31(37)38-18-27-23-9-3-1-7-21(23)22-8-2-4-10-24(22)27/h1-16,27H,17-18H2,(H,32,37). The smallest absolute Gasteiger partial charge is 0.407 e. The molecule has 1 N–H and O–H groups in total. The Morgan fingerprint density at radius 1 is 0.692 bits per heavy atom. The maximum atomic E-state index is 12.5. The van der Waals surface area contributed by atoms with Crippen molar-refractivity contribution in [1.82, 2.24) is 10.4 Å². The molecule has 0 bridgehead atoms. The summed E-state index contributed by atoms with van der Waals surface area (Å²) < 4.78 is 5.55. The number of carbonyl (C=O) groups excluding carboxylic acids is 4. The van der Waals surface area contributed by atoms with E-state index >= 15 is 0 Å². The van der Waals surface area contributed by atoms with Gasteiger partial charge in [-0.25, -0.2) is 9.59 Å². The Balaban J connectivity index is 1.03. The molecule has 2 aliphatic rings. The van der Waals surface area contributed by atoms with Crippen LogP contribution in [-0.4, -0.2) is 35.5 Å². The zero-order chi connectivity index (χ0) is 26.9. The Morgan fingerprint density at radius 3 is 1.77 bits per heavy atom. The number of ether oxygens (including phenoxy) is 1. The van der Waals surface area contributed by atoms with E-state index in [1.165, 1.54) is 24.3 Å². The highest BCUT2D eigenvalue weighted by Gasteiger charge is 2.38. The van der Waals surface area contributed by atoms with E-state index in [-0.39, 0.29) is 35.8 Å². The van der Waals surface area contributed by atoms with E-state index in [1.54, 1.807) is 24.3 Å². The molecule has 1 aliphatic heterocycles. The molecular formula is C31H22N2O6. The largest absolute Gasteiger partial charge is 0.449 e. The Hall–Kier alpha value is -5.24. The second-order valence-corrected chi connectivity index (χ2v) is 9.21. The van der Waals surface area contributed by atoms with E-state index in [2.05, 4.69) is 29.6 Å². The second kappa shape index (κ2) is 9.90. The van der Waals surface area contributed by atoms with E-state index < -0.39 is 23.9 Å². The van der Waals surface area contributed by atoms with Crippen molar-refractivity contribution in [2.75, 3.05) is 6.61 Å². The molecule has 192 valence electrons. The van der Waals surface area contributed by atoms with Crippen LogP contribution in [0.25, 0.3) is 11.1 Å². The molecule has 3 amide bonds. The molecule has 6 rings (SSSR count). The lowest BCUT2D eigenvalue weighted by Crippen LogP contribution is -2.32. The van der Waals surface area contributed by atoms with Gasteiger partial charge < -0.3 is 14.9 Å². The predicted octanol–water partition coefficient (Wildman–Crippen LogP) is 5.09. The lowest BCUT2D eigenvalue weighted by molar-refractivity contribution is -0.0584. The first-order valence-corrected chi connectivity index (χ1v) is 12.4. The number of alkyl carbamates (subject to hydrolysis) is 1. The third-order valence-corrected chi connectivity index (χ3v) is 6.90. The fraction of sp³-hybridized carbons (Fsp3) is 0.0968. The topological polar surface area (TPSA) is 102 Å². The predicted molar refractivity (Wildman–Crippen MR) is 141 cm³/mol. The number of amides is 3. The normalized spacial score (nSPS) is 13.5. The van der Waals surface area contributed by atoms with Crippen molar-refractivity contribution in [2.24, 2.45) is 0 Å². The summed E-state index contributed by atoms with van der Waals surface area (Å²) in [4.78, 5) is 54.9. The van der Waals surface area contributed by atoms with E-state index in [0.717, 1.165) is 27.8 Å². The average molecular weight is 519 g/mol. The minimum atomic E-state index is -0.847. The number of fused-ring (bicyclic) bond motifs is 4. The summed E-state index contributed by atoms with van der Waals surface area (Å²) in [5.74, 6) is -2.25. The minimum absolute atomic E-state index is 0.0318. The molecule has 1 heterocycles. The summed E-state index contributed by atoms with van der Waals surface area (Å²) in [6.45, 7) is 0.396. The van der Waals surface area contributed by atoms with Gasteiger partial charge in [0.2, 0.25) is 0 Å². The molecule has 0 saturated carbocycles. The molecule has 1 aliphatic carbocycles. The number of hydrogen-bond donors (Lipinski definition) is 1. The van der Waals surface area contributed by atoms with E-state index in [0.29, 0.717) is 5.06 Å². The van der Waals surface area contributed by atoms with Gasteiger partial charge in [0.1, 0.15) is 6.61 Å². The number of imide groups is 1. The van der Waals surface area contributed by atoms with Crippen LogP contribution in [0.3, 0.4) is 0 Å². The summed E-state index contributed by atoms with van der Waals surface area (Å²) in [6, 6.07) is 28.8. The van der Waals surface area contributed by atoms with Crippen LogP contribution < -0.4 is 5.32 Å². The highest BCUT2D eigenvalue weighted by molar-refractivity contribution is 6.21. The zero-order valence-electron chi connectivity index (χ0n) is 20.6. The lowest BCUT2D eigenvalue weighted by atomic mass is 9.98. The van der Waals surface area contributed by atoms with Crippen molar-refractivity contribution in [3.05, 3.63) is 130 Å². The Labute approximate surface area is 223 Å². The molecule has 0 unspecified atom stereocenters. The molecule has 0 saturated heterocycles. The summed E-state index contributed by atoms with van der Waals surface area (Å²) in [7, 11) is 0. The summed E-state index contributed by atoms with van der Waals surface area (Å²) in [6.07, 6.45) is -0.550. The Morgan fingerprint density at radius 2 is 1.21 bits per heavy atom. The van der Waals surface area contributed by atoms with Crippen molar-refractivity contribution in [2.45, 2.75) is 12.5 Å². The molecule has 8 heteroatoms. The van der Waals surface area contributed by atoms with Gasteiger partial charge in [-0.1, -0.05) is 77.9 Å². The van der Waals surface area contributed by atoms with Crippen molar-refractivity contribution >= 4 is 23.9 Å². The molecule has 0 radical (unpaired) electrons. The zero-order valence-corrected chi connectivity index (χ0v) is 20.6. The number of benzene rings is 4. The minimum Gasteiger partial charge on any atom is -0.449 e. The van der Waals surface area contributed by atoms with Gasteiger partial charge in [-0.3, -0.25) is 9.59 Å². The SMILES string of the molecule is O=C(NCc1ccc(C(=O)ON2C(=O)c3ccccc3C2=O)cc1)OCC1c2ccccc2-c2ccccc21. The van der Waals surface area contributed by atoms with Gasteiger partial charge in [-0.2, -0.15) is 0 Å². The maximum Gasteiger partial charge on any atom is 0.407 e. The third-order valence-electron chi connectivity index (χ3n) is 6.90. The van der Waals surface area contributed by atoms with Gasteiger partial charge in [0.05, 0.1) is 16.7 Å². The van der Waals surface area contributed by atoms with Gasteiger partial charge in [0.25, 0.3) is 11.8 Å². The number of hydroxylamine groups is 2. The molecule has 0 spiro atoms. The van der Waals surface area contributed by atoms with Gasteiger partial charge in [-0.15, -0.1) is 0 Å². The van der Waals surface area contributed by atoms with Crippen LogP contribution in [0, 0.1) is 0 Å². The van der Waals surface area contributed by atoms with Crippen LogP contribution in [0.1, 0.15) is 53.7 Å². The molecular weight excluding hydrogens is 496 g/mol. The summed E-state index contributed by atoms with van der Waals surface area (Å²) >= 11 is 0. The fourth-order valence-electron chi connectivity index (χ4n) is 4.97. The molecule has 39 heavy (non-hydrogen) atoms. The van der Waals surface area contributed by atoms with E-state index in [4.69, 9.17) is 9.57 Å². The van der Waals surface area contributed by atoms with Gasteiger partial charge in [0.15, 0.2) is 0 Å². The number of hydrogen-bond acceptors (Lipinski definition) is 6. The lowest BCUT2D eigenvalue weighted by Gasteiger charge is -2.15. The van der Waals surface area contributed by atoms with Gasteiger partial charge >= 0.3 is 12.1 Å². The molecule has 0 fully saturated rings. The summed E-state index contributed by atoms with van der Waals surface area (Å²) in [5.41, 5.74) is 5.82. The summed E-state index contributed by atoms with van der Waals surface area (Å²) in [5, 5.41) is 3.20. The van der Waals surface area contributed by atoms with Crippen LogP contribution in [0.2, 0.25) is 0 Å². The fourth-order valence-corrected chi connectivity index (χ4v) is 4.97. The molecule has 0 atom stereocenters. The van der Waals surface area contributed by atoms with E-state index in [9.17, 15) is 19.2 Å². The number of carbonyl (C=O) groups is 4. The first-order valence-electron chi connectivity index (χ1n) is 12.4. The number of rotatable bonds is 6. The van der Waals surface area contributed by atoms with Crippen LogP contribution >= 0.6 is 0 Å². The first kappa shape index (κ1) is 24.1. The van der Waals surface area contributed by atoms with Crippen molar-refractivity contribution in [1.29, 1.82) is 0 Å². The number of nitrogens with one attached hydrogen (secondary N) is 1. The quantitative estimate of drug-likeness (QED) is 0.357. The van der Waals surface area contributed by atoms with E-state index in [1.807, 2.05) is 24.3 Å². The van der Waals surface area contributed by atoms with Crippen LogP contribution in [0.15, 0.2) is 97.1 Å². The first-order chi connectivity index (χ1) is 19.0. The van der Waals surface area contributed by atoms with Crippen molar-refractivity contribution in [3.63, 3.8) is 0 Å². The van der Waals surface area contributed by atoms with Gasteiger partial charge in [-0.05, 0) is 52.1 Å². The maximum absolute atomic E-state index is 12.5. The highest BCUT2D eigenvalue weighted by atomic mass is 16.7. The van der Waals surface area contributed by atoms with Crippen LogP contribution in [0.5, 0.6) is 0 Å². The molecule has 0 aromatic heterocycles. The second-order valence-electron chi connectivity index (χ2n) is 9.21. The highest BCUT2D eigenvalue weighted by Crippen LogP contribution is 2.44. The van der Waals surface area contributed by atoms with Crippen molar-refractivity contribution in [3.8, 4) is 11.1 Å². The third kappa shape index (κ3) is 4.42. The Bertz CT molecular complexity index is 1550. The van der Waals surface area contributed by atoms with Crippen LogP contribution in [-0.2, 0) is 16.1 Å². The number of nitrogens with zero attached hydrogens (tertiary/aromatic N) is 1.